The second-order valence-corrected chi connectivity index (χ2v) is 43.1. The number of rotatable bonds is 16. The van der Waals surface area contributed by atoms with Gasteiger partial charge in [0.15, 0.2) is 0 Å². The number of thiophene rings is 2. The molecular weight excluding hydrogens is 2170 g/mol. The Bertz CT molecular complexity index is 6670. The minimum absolute atomic E-state index is 0.0262. The Labute approximate surface area is 920 Å². The summed E-state index contributed by atoms with van der Waals surface area (Å²) in [6.07, 6.45) is 3.23. The van der Waals surface area contributed by atoms with E-state index in [4.69, 9.17) is 174 Å². The minimum Gasteiger partial charge on any atom is -0.360 e. The number of benzene rings is 11. The molecule has 6 fully saturated rings. The van der Waals surface area contributed by atoms with Gasteiger partial charge in [-0.1, -0.05) is 271 Å². The van der Waals surface area contributed by atoms with E-state index in [1.807, 2.05) is 301 Å². The summed E-state index contributed by atoms with van der Waals surface area (Å²) in [6, 6.07) is 84.7. The summed E-state index contributed by atoms with van der Waals surface area (Å²) in [5.41, 5.74) is 12.3. The van der Waals surface area contributed by atoms with Crippen molar-refractivity contribution in [1.29, 1.82) is 0 Å². The van der Waals surface area contributed by atoms with E-state index < -0.39 is 6.04 Å². The molecule has 6 saturated heterocycles. The van der Waals surface area contributed by atoms with Crippen LogP contribution in [0.5, 0.6) is 0 Å². The summed E-state index contributed by atoms with van der Waals surface area (Å²) in [7, 11) is 1.88. The lowest BCUT2D eigenvalue weighted by Gasteiger charge is -2.44. The number of hydrogen-bond donors (Lipinski definition) is 1. The van der Waals surface area contributed by atoms with Gasteiger partial charge in [0, 0.05) is 173 Å². The summed E-state index contributed by atoms with van der Waals surface area (Å²) in [4.78, 5) is 97.7. The third-order valence-corrected chi connectivity index (χ3v) is 31.4. The molecule has 0 spiro atoms. The second-order valence-electron chi connectivity index (χ2n) is 35.0. The van der Waals surface area contributed by atoms with E-state index in [9.17, 15) is 28.8 Å². The van der Waals surface area contributed by atoms with Crippen molar-refractivity contribution in [1.82, 2.24) is 34.4 Å². The summed E-state index contributed by atoms with van der Waals surface area (Å²) in [5.74, 6) is 0.180. The maximum atomic E-state index is 13.1. The molecule has 3 aromatic heterocycles. The predicted molar refractivity (Wildman–Crippen MR) is 596 cm³/mol. The van der Waals surface area contributed by atoms with Gasteiger partial charge in [-0.25, -0.2) is 0 Å². The zero-order chi connectivity index (χ0) is 102. The number of aryl methyl sites for hydroxylation is 1. The van der Waals surface area contributed by atoms with Crippen LogP contribution in [0.25, 0.3) is 0 Å². The van der Waals surface area contributed by atoms with Crippen molar-refractivity contribution in [3.63, 3.8) is 0 Å². The normalized spacial score (nSPS) is 17.9. The number of carbonyl (C=O) groups is 6. The topological polar surface area (TPSA) is 152 Å². The van der Waals surface area contributed by atoms with Crippen LogP contribution in [0.2, 0.25) is 75.3 Å². The quantitative estimate of drug-likeness (QED) is 0.0984. The third kappa shape index (κ3) is 26.9. The molecular formula is C109H95Cl15N12O6S2. The van der Waals surface area contributed by atoms with Gasteiger partial charge in [-0.05, 0) is 226 Å². The Hall–Kier alpha value is -9.73. The van der Waals surface area contributed by atoms with E-state index in [1.165, 1.54) is 22.7 Å². The van der Waals surface area contributed by atoms with Gasteiger partial charge in [0.05, 0.1) is 101 Å². The zero-order valence-corrected chi connectivity index (χ0v) is 90.3. The molecule has 144 heavy (non-hydrogen) atoms. The average Bonchev–Trinajstić information content (AvgIpc) is 0.906. The van der Waals surface area contributed by atoms with Crippen LogP contribution in [0, 0.1) is 0 Å². The van der Waals surface area contributed by atoms with E-state index in [0.717, 1.165) is 72.3 Å². The van der Waals surface area contributed by atoms with Crippen molar-refractivity contribution in [2.75, 3.05) is 123 Å². The SMILES string of the molecule is Cn1cccc1C(=O)N1CCN(c2ccc(Cl)cc2Cl)C(c2ccc(Cl)cc2)C1.O=C(Cc1ccccc1)N1CCN(c2ccc(Cl)cc2Cl)C(c2ccc(Cl)cc2)C1.O=C(c1cccs1)N1CCN(c2ccc(Cl)cc2Cl)C(c2ccc(Cl)cc2)C1.O=C(c1ccsc1)N1CCN(c2ccc(Cl)cc2Cl)C(c2ccc(Cl)cc2)C1.O=C1CCC(C(=O)N2CCN(c3ccc(Cl)cc3Cl)C(c3ccc(Cl)cc3)C2)N1. The second kappa shape index (κ2) is 49.8. The Morgan fingerprint density at radius 3 is 0.965 bits per heavy atom. The van der Waals surface area contributed by atoms with Crippen molar-refractivity contribution in [2.45, 2.75) is 55.5 Å². The van der Waals surface area contributed by atoms with Gasteiger partial charge in [0.25, 0.3) is 17.7 Å². The molecule has 6 aliphatic rings. The molecule has 11 aromatic carbocycles. The lowest BCUT2D eigenvalue weighted by atomic mass is 10.0. The molecule has 35 heteroatoms. The minimum atomic E-state index is -0.431. The molecule has 14 aromatic rings. The van der Waals surface area contributed by atoms with Crippen molar-refractivity contribution in [2.24, 2.45) is 7.05 Å². The van der Waals surface area contributed by atoms with Crippen LogP contribution in [0.4, 0.5) is 28.4 Å². The van der Waals surface area contributed by atoms with Gasteiger partial charge >= 0.3 is 0 Å². The molecule has 6 unspecified atom stereocenters. The predicted octanol–water partition coefficient (Wildman–Crippen LogP) is 29.1. The van der Waals surface area contributed by atoms with Crippen molar-refractivity contribution < 1.29 is 28.8 Å². The molecule has 9 heterocycles. The molecule has 0 bridgehead atoms. The maximum Gasteiger partial charge on any atom is 0.270 e. The Balaban J connectivity index is 0.000000129. The number of nitrogens with one attached hydrogen (secondary N) is 1. The molecule has 1 N–H and O–H groups in total. The Morgan fingerprint density at radius 1 is 0.326 bits per heavy atom. The summed E-state index contributed by atoms with van der Waals surface area (Å²) >= 11 is 96.3. The number of carbonyl (C=O) groups excluding carboxylic acids is 6. The Kier molecular flexibility index (Phi) is 37.1. The standard InChI is InChI=1S/C24H21Cl3N2O.C22H20Cl3N3O.C21H20Cl3N3O2.2C21H17Cl3N2OS/c25-19-8-6-18(7-9-19)23-16-28(24(30)14-17-4-2-1-3-5-17)12-13-29(23)22-11-10-20(26)15-21(22)27;1-26-10-2-3-20(26)22(29)27-11-12-28(19-9-8-17(24)13-18(19)25)21(14-27)15-4-6-16(23)7-5-15;22-14-3-1-13(2-4-14)19-12-26(21(29)17-6-8-20(28)25-17)9-10-27(19)18-7-5-15(23)11-16(18)24;22-16-3-1-14(2-4-16)20-12-25(21(27)15-7-10-28-13-15)8-9-26(20)19-6-5-17(23)11-18(19)24;22-15-5-3-14(4-6-15)19-13-25(21(27)20-2-1-11-28-20)9-10-26(19)18-8-7-16(23)12-17(18)24/h1-11,15,23H,12-14,16H2;2-10,13,21H,11-12,14H2,1H3;1-5,7,11,17,19H,6,8-10,12H2,(H,25,28);1-7,10-11,13,20H,8-9,12H2;1-8,11-12,19H,9-10,13H2. The highest BCUT2D eigenvalue weighted by Crippen LogP contribution is 2.45. The fourth-order valence-electron chi connectivity index (χ4n) is 18.6. The van der Waals surface area contributed by atoms with Crippen LogP contribution in [0.1, 0.15) is 107 Å². The van der Waals surface area contributed by atoms with E-state index in [2.05, 4.69) is 29.8 Å². The monoisotopic (exact) mass is 2260 g/mol. The van der Waals surface area contributed by atoms with Crippen LogP contribution in [-0.4, -0.2) is 169 Å². The number of hydrogen-bond acceptors (Lipinski definition) is 13. The number of anilines is 5. The van der Waals surface area contributed by atoms with Gasteiger partial charge < -0.3 is 58.9 Å². The molecule has 0 radical (unpaired) electrons. The lowest BCUT2D eigenvalue weighted by molar-refractivity contribution is -0.135. The van der Waals surface area contributed by atoms with E-state index >= 15 is 0 Å². The first-order valence-corrected chi connectivity index (χ1v) is 53.7. The molecule has 0 saturated carbocycles. The molecule has 6 atom stereocenters. The molecule has 744 valence electrons. The van der Waals surface area contributed by atoms with E-state index in [0.29, 0.717) is 198 Å². The Morgan fingerprint density at radius 2 is 0.653 bits per heavy atom. The van der Waals surface area contributed by atoms with Gasteiger partial charge in [0.2, 0.25) is 17.7 Å². The summed E-state index contributed by atoms with van der Waals surface area (Å²) in [5, 5.41) is 17.8. The average molecular weight is 2260 g/mol. The van der Waals surface area contributed by atoms with Gasteiger partial charge in [-0.3, -0.25) is 28.8 Å². The number of aromatic nitrogens is 1. The van der Waals surface area contributed by atoms with Crippen LogP contribution >= 0.6 is 197 Å². The first-order chi connectivity index (χ1) is 69.4. The van der Waals surface area contributed by atoms with Crippen LogP contribution in [0.15, 0.2) is 295 Å². The molecule has 18 nitrogen and oxygen atoms in total. The molecule has 6 amide bonds. The number of piperazine rings is 5. The lowest BCUT2D eigenvalue weighted by Crippen LogP contribution is -2.54. The smallest absolute Gasteiger partial charge is 0.270 e. The highest BCUT2D eigenvalue weighted by molar-refractivity contribution is 7.12. The number of nitrogens with zero attached hydrogens (tertiary/aromatic N) is 11. The fraction of sp³-hybridized carbons (Fsp3) is 0.229. The maximum absolute atomic E-state index is 13.1. The number of amides is 6. The molecule has 20 rings (SSSR count). The van der Waals surface area contributed by atoms with Crippen molar-refractivity contribution in [3.05, 3.63) is 420 Å². The first kappa shape index (κ1) is 107. The van der Waals surface area contributed by atoms with E-state index in [1.54, 1.807) is 30.3 Å². The largest absolute Gasteiger partial charge is 0.360 e. The van der Waals surface area contributed by atoms with Crippen molar-refractivity contribution >= 4 is 261 Å². The molecule has 0 aliphatic carbocycles. The zero-order valence-electron chi connectivity index (χ0n) is 77.3. The van der Waals surface area contributed by atoms with Gasteiger partial charge in [-0.15, -0.1) is 11.3 Å². The van der Waals surface area contributed by atoms with Crippen LogP contribution < -0.4 is 29.8 Å². The summed E-state index contributed by atoms with van der Waals surface area (Å²) < 4.78 is 1.85. The van der Waals surface area contributed by atoms with Crippen molar-refractivity contribution in [3.8, 4) is 0 Å². The van der Waals surface area contributed by atoms with Gasteiger partial charge in [0.1, 0.15) is 11.7 Å². The highest BCUT2D eigenvalue weighted by Gasteiger charge is 2.41. The summed E-state index contributed by atoms with van der Waals surface area (Å²) in [6.45, 7) is 9.07. The number of halogens is 15. The van der Waals surface area contributed by atoms with E-state index in [-0.39, 0.29) is 65.7 Å². The van der Waals surface area contributed by atoms with Crippen LogP contribution in [-0.2, 0) is 27.9 Å². The highest BCUT2D eigenvalue weighted by atomic mass is 35.5. The third-order valence-electron chi connectivity index (χ3n) is 26.0. The fourth-order valence-corrected chi connectivity index (χ4v) is 23.2. The van der Waals surface area contributed by atoms with Crippen LogP contribution in [0.3, 0.4) is 0 Å². The first-order valence-electron chi connectivity index (χ1n) is 46.2. The van der Waals surface area contributed by atoms with Gasteiger partial charge in [-0.2, -0.15) is 11.3 Å². The molecule has 6 aliphatic heterocycles.